The van der Waals surface area contributed by atoms with E-state index < -0.39 is 15.9 Å². The Morgan fingerprint density at radius 3 is 2.22 bits per heavy atom. The molecular formula is C33H39Cl2N5O5S. The minimum Gasteiger partial charge on any atom is -0.454 e. The number of hydrogen-bond acceptors (Lipinski definition) is 7. The van der Waals surface area contributed by atoms with Crippen molar-refractivity contribution in [2.75, 3.05) is 63.6 Å². The van der Waals surface area contributed by atoms with Crippen LogP contribution < -0.4 is 14.8 Å². The number of hydrogen-bond donors (Lipinski definition) is 2. The molecule has 10 nitrogen and oxygen atoms in total. The molecule has 2 saturated heterocycles. The smallest absolute Gasteiger partial charge is 0.262 e. The number of halogens is 2. The van der Waals surface area contributed by atoms with E-state index in [0.717, 1.165) is 39.0 Å². The fourth-order valence-corrected chi connectivity index (χ4v) is 7.16. The number of nitrogens with one attached hydrogen (secondary N) is 2. The lowest BCUT2D eigenvalue weighted by molar-refractivity contribution is -0.130. The number of rotatable bonds is 12. The quantitative estimate of drug-likeness (QED) is 0.265. The average Bonchev–Trinajstić information content (AvgIpc) is 3.45. The molecule has 2 fully saturated rings. The number of benzene rings is 3. The van der Waals surface area contributed by atoms with Crippen molar-refractivity contribution in [3.8, 4) is 11.5 Å². The van der Waals surface area contributed by atoms with E-state index in [1.807, 2.05) is 4.90 Å². The van der Waals surface area contributed by atoms with Gasteiger partial charge in [-0.25, -0.2) is 8.42 Å². The molecule has 0 atom stereocenters. The van der Waals surface area contributed by atoms with E-state index in [1.165, 1.54) is 56.3 Å². The highest BCUT2D eigenvalue weighted by Crippen LogP contribution is 2.35. The Kier molecular flexibility index (Phi) is 11.8. The first-order valence-corrected chi connectivity index (χ1v) is 17.8. The van der Waals surface area contributed by atoms with Crippen LogP contribution in [0.5, 0.6) is 11.5 Å². The summed E-state index contributed by atoms with van der Waals surface area (Å²) < 4.78 is 34.8. The van der Waals surface area contributed by atoms with Crippen LogP contribution in [-0.4, -0.2) is 93.8 Å². The highest BCUT2D eigenvalue weighted by atomic mass is 35.5. The van der Waals surface area contributed by atoms with E-state index in [2.05, 4.69) is 19.8 Å². The highest BCUT2D eigenvalue weighted by molar-refractivity contribution is 7.92. The molecule has 0 radical (unpaired) electrons. The number of ether oxygens (including phenoxy) is 1. The molecule has 2 aliphatic heterocycles. The molecule has 46 heavy (non-hydrogen) atoms. The van der Waals surface area contributed by atoms with Crippen LogP contribution in [-0.2, 0) is 14.8 Å². The summed E-state index contributed by atoms with van der Waals surface area (Å²) >= 11 is 12.2. The molecule has 2 N–H and O–H groups in total. The summed E-state index contributed by atoms with van der Waals surface area (Å²) in [6.07, 6.45) is 4.65. The SMILES string of the molecule is O=C(NCC(=O)N1CCCN(CCCN2CCCC2)CC1)c1ccc(S(=O)(=O)Nc2ccccc2Oc2ccc(Cl)cc2Cl)cc1. The summed E-state index contributed by atoms with van der Waals surface area (Å²) in [6, 6.07) is 16.8. The van der Waals surface area contributed by atoms with Gasteiger partial charge in [-0.3, -0.25) is 14.3 Å². The number of nitrogens with zero attached hydrogens (tertiary/aromatic N) is 3. The molecule has 2 heterocycles. The number of amides is 2. The van der Waals surface area contributed by atoms with Crippen LogP contribution in [0.4, 0.5) is 5.69 Å². The second kappa shape index (κ2) is 16.0. The zero-order valence-electron chi connectivity index (χ0n) is 25.6. The molecule has 3 aromatic carbocycles. The van der Waals surface area contributed by atoms with Gasteiger partial charge in [0, 0.05) is 30.2 Å². The van der Waals surface area contributed by atoms with Crippen LogP contribution in [0.25, 0.3) is 0 Å². The summed E-state index contributed by atoms with van der Waals surface area (Å²) in [4.78, 5) is 32.4. The standard InChI is InChI=1S/C33H39Cl2N5O5S/c34-26-11-14-30(28(35)23-26)45-31-8-2-1-7-29(31)37-46(43,44)27-12-9-25(10-13-27)33(42)36-24-32(41)40-20-6-19-39(21-22-40)18-5-17-38-15-3-4-16-38/h1-2,7-14,23,37H,3-6,15-22,24H2,(H,36,42). The number of sulfonamides is 1. The molecule has 0 aliphatic carbocycles. The molecule has 0 saturated carbocycles. The van der Waals surface area contributed by atoms with Gasteiger partial charge >= 0.3 is 0 Å². The maximum atomic E-state index is 13.2. The molecule has 3 aromatic rings. The summed E-state index contributed by atoms with van der Waals surface area (Å²) in [5.74, 6) is -0.0306. The maximum Gasteiger partial charge on any atom is 0.262 e. The molecular weight excluding hydrogens is 649 g/mol. The van der Waals surface area contributed by atoms with Crippen molar-refractivity contribution in [2.24, 2.45) is 0 Å². The lowest BCUT2D eigenvalue weighted by Gasteiger charge is -2.23. The second-order valence-electron chi connectivity index (χ2n) is 11.5. The number of para-hydroxylation sites is 2. The van der Waals surface area contributed by atoms with Crippen LogP contribution in [0.2, 0.25) is 10.0 Å². The van der Waals surface area contributed by atoms with Gasteiger partial charge in [-0.2, -0.15) is 0 Å². The molecule has 246 valence electrons. The van der Waals surface area contributed by atoms with Crippen molar-refractivity contribution in [1.82, 2.24) is 20.0 Å². The average molecular weight is 689 g/mol. The van der Waals surface area contributed by atoms with Gasteiger partial charge in [-0.1, -0.05) is 35.3 Å². The topological polar surface area (TPSA) is 111 Å². The van der Waals surface area contributed by atoms with Gasteiger partial charge in [0.05, 0.1) is 22.2 Å². The van der Waals surface area contributed by atoms with Crippen molar-refractivity contribution in [3.05, 3.63) is 82.3 Å². The lowest BCUT2D eigenvalue weighted by Crippen LogP contribution is -2.42. The summed E-state index contributed by atoms with van der Waals surface area (Å²) in [7, 11) is -4.03. The van der Waals surface area contributed by atoms with Crippen molar-refractivity contribution in [2.45, 2.75) is 30.6 Å². The number of carbonyl (C=O) groups excluding carboxylic acids is 2. The maximum absolute atomic E-state index is 13.2. The Hall–Kier alpha value is -3.35. The van der Waals surface area contributed by atoms with E-state index in [0.29, 0.717) is 23.9 Å². The fourth-order valence-electron chi connectivity index (χ4n) is 5.64. The number of carbonyl (C=O) groups is 2. The largest absolute Gasteiger partial charge is 0.454 e. The van der Waals surface area contributed by atoms with E-state index in [1.54, 1.807) is 36.4 Å². The molecule has 0 unspecified atom stereocenters. The third-order valence-corrected chi connectivity index (χ3v) is 10.1. The van der Waals surface area contributed by atoms with Crippen molar-refractivity contribution in [1.29, 1.82) is 0 Å². The van der Waals surface area contributed by atoms with Crippen LogP contribution in [0.15, 0.2) is 71.6 Å². The second-order valence-corrected chi connectivity index (χ2v) is 14.0. The normalized spacial score (nSPS) is 16.2. The van der Waals surface area contributed by atoms with Gasteiger partial charge in [0.25, 0.3) is 15.9 Å². The molecule has 0 aromatic heterocycles. The minimum absolute atomic E-state index is 0.0472. The highest BCUT2D eigenvalue weighted by Gasteiger charge is 2.21. The van der Waals surface area contributed by atoms with Crippen molar-refractivity contribution < 1.29 is 22.7 Å². The van der Waals surface area contributed by atoms with Crippen LogP contribution in [0.3, 0.4) is 0 Å². The van der Waals surface area contributed by atoms with Crippen molar-refractivity contribution >= 4 is 50.7 Å². The van der Waals surface area contributed by atoms with Crippen LogP contribution in [0, 0.1) is 0 Å². The zero-order chi connectivity index (χ0) is 32.5. The Labute approximate surface area is 280 Å². The molecule has 0 bridgehead atoms. The van der Waals surface area contributed by atoms with Gasteiger partial charge in [0.1, 0.15) is 5.75 Å². The summed E-state index contributed by atoms with van der Waals surface area (Å²) in [5, 5.41) is 3.40. The summed E-state index contributed by atoms with van der Waals surface area (Å²) in [6.45, 7) is 7.57. The third-order valence-electron chi connectivity index (χ3n) is 8.16. The van der Waals surface area contributed by atoms with Gasteiger partial charge in [-0.05, 0) is 113 Å². The molecule has 2 amide bonds. The predicted molar refractivity (Wildman–Crippen MR) is 180 cm³/mol. The van der Waals surface area contributed by atoms with Crippen LogP contribution in [0.1, 0.15) is 36.0 Å². The first-order chi connectivity index (χ1) is 22.2. The Bertz CT molecular complexity index is 1620. The first kappa shape index (κ1) is 34.0. The monoisotopic (exact) mass is 687 g/mol. The number of anilines is 1. The van der Waals surface area contributed by atoms with Gasteiger partial charge < -0.3 is 24.8 Å². The Morgan fingerprint density at radius 2 is 1.48 bits per heavy atom. The third kappa shape index (κ3) is 9.36. The van der Waals surface area contributed by atoms with E-state index >= 15 is 0 Å². The van der Waals surface area contributed by atoms with E-state index in [9.17, 15) is 18.0 Å². The molecule has 2 aliphatic rings. The van der Waals surface area contributed by atoms with E-state index in [4.69, 9.17) is 27.9 Å². The lowest BCUT2D eigenvalue weighted by atomic mass is 10.2. The number of likely N-dealkylation sites (tertiary alicyclic amines) is 1. The Balaban J connectivity index is 1.11. The van der Waals surface area contributed by atoms with Crippen LogP contribution >= 0.6 is 23.2 Å². The van der Waals surface area contributed by atoms with E-state index in [-0.39, 0.29) is 39.4 Å². The minimum atomic E-state index is -4.03. The predicted octanol–water partition coefficient (Wildman–Crippen LogP) is 5.34. The van der Waals surface area contributed by atoms with Gasteiger partial charge in [0.15, 0.2) is 5.75 Å². The first-order valence-electron chi connectivity index (χ1n) is 15.5. The fraction of sp³-hybridized carbons (Fsp3) is 0.394. The Morgan fingerprint density at radius 1 is 0.783 bits per heavy atom. The molecule has 0 spiro atoms. The van der Waals surface area contributed by atoms with Gasteiger partial charge in [0.2, 0.25) is 5.91 Å². The van der Waals surface area contributed by atoms with Crippen molar-refractivity contribution in [3.63, 3.8) is 0 Å². The van der Waals surface area contributed by atoms with Gasteiger partial charge in [-0.15, -0.1) is 0 Å². The zero-order valence-corrected chi connectivity index (χ0v) is 27.9. The molecule has 5 rings (SSSR count). The summed E-state index contributed by atoms with van der Waals surface area (Å²) in [5.41, 5.74) is 0.445. The molecule has 13 heteroatoms.